The number of thioether (sulfide) groups is 1. The molecule has 0 aliphatic carbocycles. The van der Waals surface area contributed by atoms with Crippen molar-refractivity contribution in [3.05, 3.63) is 23.7 Å². The molecule has 0 saturated carbocycles. The van der Waals surface area contributed by atoms with Crippen LogP contribution < -0.4 is 5.32 Å². The van der Waals surface area contributed by atoms with Crippen molar-refractivity contribution in [3.63, 3.8) is 0 Å². The van der Waals surface area contributed by atoms with Crippen LogP contribution in [0.4, 0.5) is 0 Å². The molecular weight excluding hydrogens is 256 g/mol. The van der Waals surface area contributed by atoms with Gasteiger partial charge in [-0.1, -0.05) is 0 Å². The van der Waals surface area contributed by atoms with Crippen LogP contribution in [0.25, 0.3) is 0 Å². The number of hydrogen-bond acceptors (Lipinski definition) is 4. The molecule has 108 valence electrons. The third kappa shape index (κ3) is 4.55. The standard InChI is InChI=1S/C15H26N2OS/c1-12(2)17-7-6-13(10-17)8-16-9-14-4-5-15(18-14)11-19-3/h4-5,12-13,16H,6-11H2,1-3H3. The Morgan fingerprint density at radius 1 is 1.42 bits per heavy atom. The molecule has 0 spiro atoms. The van der Waals surface area contributed by atoms with Gasteiger partial charge in [0.2, 0.25) is 0 Å². The van der Waals surface area contributed by atoms with Gasteiger partial charge in [-0.05, 0) is 57.7 Å². The van der Waals surface area contributed by atoms with E-state index in [1.165, 1.54) is 19.5 Å². The van der Waals surface area contributed by atoms with E-state index < -0.39 is 0 Å². The fourth-order valence-electron chi connectivity index (χ4n) is 2.63. The highest BCUT2D eigenvalue weighted by Gasteiger charge is 2.23. The highest BCUT2D eigenvalue weighted by Crippen LogP contribution is 2.18. The number of nitrogens with zero attached hydrogens (tertiary/aromatic N) is 1. The van der Waals surface area contributed by atoms with Gasteiger partial charge < -0.3 is 14.6 Å². The molecule has 2 rings (SSSR count). The van der Waals surface area contributed by atoms with E-state index in [2.05, 4.69) is 42.5 Å². The van der Waals surface area contributed by atoms with E-state index in [0.29, 0.717) is 6.04 Å². The zero-order valence-electron chi connectivity index (χ0n) is 12.3. The van der Waals surface area contributed by atoms with E-state index >= 15 is 0 Å². The fourth-order valence-corrected chi connectivity index (χ4v) is 3.07. The van der Waals surface area contributed by atoms with Gasteiger partial charge in [0.1, 0.15) is 11.5 Å². The Morgan fingerprint density at radius 3 is 2.89 bits per heavy atom. The average molecular weight is 282 g/mol. The maximum atomic E-state index is 5.75. The van der Waals surface area contributed by atoms with E-state index in [1.807, 2.05) is 0 Å². The normalized spacial score (nSPS) is 20.5. The fraction of sp³-hybridized carbons (Fsp3) is 0.733. The maximum absolute atomic E-state index is 5.75. The summed E-state index contributed by atoms with van der Waals surface area (Å²) in [5, 5.41) is 3.53. The van der Waals surface area contributed by atoms with Crippen LogP contribution in [0.3, 0.4) is 0 Å². The van der Waals surface area contributed by atoms with Crippen molar-refractivity contribution in [2.45, 2.75) is 38.6 Å². The molecule has 1 aliphatic rings. The van der Waals surface area contributed by atoms with Crippen LogP contribution in [0.1, 0.15) is 31.8 Å². The molecule has 1 saturated heterocycles. The van der Waals surface area contributed by atoms with Crippen molar-refractivity contribution < 1.29 is 4.42 Å². The minimum absolute atomic E-state index is 0.684. The predicted molar refractivity (Wildman–Crippen MR) is 82.4 cm³/mol. The lowest BCUT2D eigenvalue weighted by atomic mass is 10.1. The average Bonchev–Trinajstić information content (AvgIpc) is 2.99. The topological polar surface area (TPSA) is 28.4 Å². The summed E-state index contributed by atoms with van der Waals surface area (Å²) in [6.45, 7) is 9.01. The zero-order valence-corrected chi connectivity index (χ0v) is 13.1. The molecule has 0 amide bonds. The van der Waals surface area contributed by atoms with Gasteiger partial charge in [-0.2, -0.15) is 11.8 Å². The number of furan rings is 1. The van der Waals surface area contributed by atoms with E-state index in [1.54, 1.807) is 11.8 Å². The third-order valence-electron chi connectivity index (χ3n) is 3.78. The van der Waals surface area contributed by atoms with Gasteiger partial charge in [-0.15, -0.1) is 0 Å². The quantitative estimate of drug-likeness (QED) is 0.832. The molecule has 1 N–H and O–H groups in total. The van der Waals surface area contributed by atoms with Gasteiger partial charge in [-0.3, -0.25) is 0 Å². The van der Waals surface area contributed by atoms with Crippen molar-refractivity contribution in [1.29, 1.82) is 0 Å². The summed E-state index contributed by atoms with van der Waals surface area (Å²) in [7, 11) is 0. The van der Waals surface area contributed by atoms with Crippen LogP contribution in [0.2, 0.25) is 0 Å². The second kappa shape index (κ2) is 7.36. The van der Waals surface area contributed by atoms with Crippen molar-refractivity contribution in [1.82, 2.24) is 10.2 Å². The molecule has 1 aromatic rings. The Hall–Kier alpha value is -0.450. The molecule has 3 nitrogen and oxygen atoms in total. The van der Waals surface area contributed by atoms with E-state index in [9.17, 15) is 0 Å². The second-order valence-electron chi connectivity index (χ2n) is 5.68. The summed E-state index contributed by atoms with van der Waals surface area (Å²) in [5.74, 6) is 3.90. The lowest BCUT2D eigenvalue weighted by Gasteiger charge is -2.20. The van der Waals surface area contributed by atoms with Crippen molar-refractivity contribution in [2.75, 3.05) is 25.9 Å². The van der Waals surface area contributed by atoms with Crippen molar-refractivity contribution >= 4 is 11.8 Å². The van der Waals surface area contributed by atoms with Crippen LogP contribution in [-0.2, 0) is 12.3 Å². The van der Waals surface area contributed by atoms with Crippen molar-refractivity contribution in [3.8, 4) is 0 Å². The molecule has 1 unspecified atom stereocenters. The van der Waals surface area contributed by atoms with E-state index in [-0.39, 0.29) is 0 Å². The first-order valence-corrected chi connectivity index (χ1v) is 8.59. The molecule has 4 heteroatoms. The molecule has 1 atom stereocenters. The van der Waals surface area contributed by atoms with Crippen LogP contribution >= 0.6 is 11.8 Å². The Morgan fingerprint density at radius 2 is 2.21 bits per heavy atom. The molecule has 0 bridgehead atoms. The first-order valence-electron chi connectivity index (χ1n) is 7.20. The molecule has 1 aliphatic heterocycles. The largest absolute Gasteiger partial charge is 0.464 e. The minimum atomic E-state index is 0.684. The number of rotatable bonds is 7. The molecule has 1 fully saturated rings. The highest BCUT2D eigenvalue weighted by atomic mass is 32.2. The molecule has 2 heterocycles. The summed E-state index contributed by atoms with van der Waals surface area (Å²) in [4.78, 5) is 2.57. The minimum Gasteiger partial charge on any atom is -0.464 e. The molecular formula is C15H26N2OS. The summed E-state index contributed by atoms with van der Waals surface area (Å²) >= 11 is 1.80. The predicted octanol–water partition coefficient (Wildman–Crippen LogP) is 2.96. The summed E-state index contributed by atoms with van der Waals surface area (Å²) in [6, 6.07) is 4.86. The van der Waals surface area contributed by atoms with E-state index in [0.717, 1.165) is 36.3 Å². The van der Waals surface area contributed by atoms with Crippen LogP contribution in [0.15, 0.2) is 16.5 Å². The van der Waals surface area contributed by atoms with E-state index in [4.69, 9.17) is 4.42 Å². The summed E-state index contributed by atoms with van der Waals surface area (Å²) < 4.78 is 5.75. The smallest absolute Gasteiger partial charge is 0.117 e. The molecule has 1 aromatic heterocycles. The number of likely N-dealkylation sites (tertiary alicyclic amines) is 1. The first-order chi connectivity index (χ1) is 9.19. The van der Waals surface area contributed by atoms with Crippen LogP contribution in [-0.4, -0.2) is 36.8 Å². The van der Waals surface area contributed by atoms with Gasteiger partial charge in [-0.25, -0.2) is 0 Å². The molecule has 19 heavy (non-hydrogen) atoms. The van der Waals surface area contributed by atoms with Gasteiger partial charge in [0.15, 0.2) is 0 Å². The summed E-state index contributed by atoms with van der Waals surface area (Å²) in [6.07, 6.45) is 3.42. The maximum Gasteiger partial charge on any atom is 0.117 e. The Labute approximate surface area is 121 Å². The molecule has 0 aromatic carbocycles. The third-order valence-corrected chi connectivity index (χ3v) is 4.36. The van der Waals surface area contributed by atoms with Crippen LogP contribution in [0.5, 0.6) is 0 Å². The van der Waals surface area contributed by atoms with Gasteiger partial charge in [0.05, 0.1) is 12.3 Å². The Balaban J connectivity index is 1.66. The lowest BCUT2D eigenvalue weighted by molar-refractivity contribution is 0.263. The highest BCUT2D eigenvalue weighted by molar-refractivity contribution is 7.97. The SMILES string of the molecule is CSCc1ccc(CNCC2CCN(C(C)C)C2)o1. The number of hydrogen-bond donors (Lipinski definition) is 1. The summed E-state index contributed by atoms with van der Waals surface area (Å²) in [5.41, 5.74) is 0. The molecule has 0 radical (unpaired) electrons. The lowest BCUT2D eigenvalue weighted by Crippen LogP contribution is -2.30. The van der Waals surface area contributed by atoms with Gasteiger partial charge >= 0.3 is 0 Å². The van der Waals surface area contributed by atoms with Crippen LogP contribution in [0, 0.1) is 5.92 Å². The second-order valence-corrected chi connectivity index (χ2v) is 6.54. The Bertz CT molecular complexity index is 378. The van der Waals surface area contributed by atoms with Gasteiger partial charge in [0.25, 0.3) is 0 Å². The number of nitrogens with one attached hydrogen (secondary N) is 1. The zero-order chi connectivity index (χ0) is 13.7. The van der Waals surface area contributed by atoms with Crippen molar-refractivity contribution in [2.24, 2.45) is 5.92 Å². The first kappa shape index (κ1) is 14.9. The van der Waals surface area contributed by atoms with Gasteiger partial charge in [0, 0.05) is 12.6 Å². The monoisotopic (exact) mass is 282 g/mol. The Kier molecular flexibility index (Phi) is 5.79.